The number of aromatic nitrogens is 2. The molecule has 1 aliphatic heterocycles. The van der Waals surface area contributed by atoms with E-state index in [0.717, 1.165) is 37.9 Å². The molecule has 9 heteroatoms. The van der Waals surface area contributed by atoms with Crippen LogP contribution >= 0.6 is 0 Å². The zero-order chi connectivity index (χ0) is 25.2. The highest BCUT2D eigenvalue weighted by atomic mass is 16.5. The maximum atomic E-state index is 13.0. The molecule has 0 saturated carbocycles. The van der Waals surface area contributed by atoms with Gasteiger partial charge in [0.05, 0.1) is 16.5 Å². The molecule has 0 spiro atoms. The zero-order valence-electron chi connectivity index (χ0n) is 19.8. The van der Waals surface area contributed by atoms with Crippen LogP contribution in [0.4, 0.5) is 5.69 Å². The van der Waals surface area contributed by atoms with E-state index in [1.165, 1.54) is 13.0 Å². The van der Waals surface area contributed by atoms with E-state index in [9.17, 15) is 19.2 Å². The maximum absolute atomic E-state index is 13.0. The van der Waals surface area contributed by atoms with Gasteiger partial charge in [0.2, 0.25) is 5.91 Å². The van der Waals surface area contributed by atoms with Gasteiger partial charge in [0, 0.05) is 48.7 Å². The van der Waals surface area contributed by atoms with Crippen molar-refractivity contribution in [3.8, 4) is 0 Å². The van der Waals surface area contributed by atoms with Gasteiger partial charge < -0.3 is 14.5 Å². The molecule has 0 atom stereocenters. The standard InChI is InChI=1S/C27H25N3O6/c1-16(31)28-19-8-10-20-18(13-25(32)36-23(20)14-19)15-35-27(34)17-7-9-21-22(12-17)29-24-6-4-2-3-5-11-30(24)26(21)33/h7-10,12-14H,2-6,11,15H2,1H3,(H,28,31). The number of anilines is 1. The molecule has 0 radical (unpaired) electrons. The average Bonchev–Trinajstić information content (AvgIpc) is 2.82. The Morgan fingerprint density at radius 3 is 2.67 bits per heavy atom. The number of hydrogen-bond donors (Lipinski definition) is 1. The molecule has 2 aromatic heterocycles. The van der Waals surface area contributed by atoms with Crippen LogP contribution < -0.4 is 16.5 Å². The summed E-state index contributed by atoms with van der Waals surface area (Å²) in [5, 5.41) is 3.69. The van der Waals surface area contributed by atoms with Gasteiger partial charge in [0.15, 0.2) is 0 Å². The monoisotopic (exact) mass is 487 g/mol. The molecule has 0 aliphatic carbocycles. The summed E-state index contributed by atoms with van der Waals surface area (Å²) in [5.74, 6) is -0.0958. The number of hydrogen-bond acceptors (Lipinski definition) is 7. The Kier molecular flexibility index (Phi) is 6.37. The fourth-order valence-corrected chi connectivity index (χ4v) is 4.58. The van der Waals surface area contributed by atoms with Crippen molar-refractivity contribution < 1.29 is 18.7 Å². The molecule has 1 amide bonds. The van der Waals surface area contributed by atoms with Gasteiger partial charge in [-0.25, -0.2) is 14.6 Å². The minimum Gasteiger partial charge on any atom is -0.457 e. The SMILES string of the molecule is CC(=O)Nc1ccc2c(COC(=O)c3ccc4c(=O)n5c(nc4c3)CCCCCC5)cc(=O)oc2c1. The van der Waals surface area contributed by atoms with E-state index in [2.05, 4.69) is 5.32 Å². The number of fused-ring (bicyclic) bond motifs is 3. The van der Waals surface area contributed by atoms with Gasteiger partial charge in [-0.2, -0.15) is 0 Å². The van der Waals surface area contributed by atoms with E-state index < -0.39 is 11.6 Å². The number of carbonyl (C=O) groups excluding carboxylic acids is 2. The molecule has 9 nitrogen and oxygen atoms in total. The van der Waals surface area contributed by atoms with Crippen LogP contribution in [0.2, 0.25) is 0 Å². The van der Waals surface area contributed by atoms with Crippen molar-refractivity contribution in [2.24, 2.45) is 0 Å². The molecule has 0 saturated heterocycles. The second-order valence-electron chi connectivity index (χ2n) is 8.94. The molecule has 1 N–H and O–H groups in total. The number of rotatable bonds is 4. The van der Waals surface area contributed by atoms with Crippen molar-refractivity contribution in [2.45, 2.75) is 52.2 Å². The lowest BCUT2D eigenvalue weighted by atomic mass is 10.1. The van der Waals surface area contributed by atoms with Crippen molar-refractivity contribution in [1.82, 2.24) is 9.55 Å². The molecule has 36 heavy (non-hydrogen) atoms. The highest BCUT2D eigenvalue weighted by molar-refractivity contribution is 5.95. The van der Waals surface area contributed by atoms with Crippen molar-refractivity contribution in [3.05, 3.63) is 80.2 Å². The summed E-state index contributed by atoms with van der Waals surface area (Å²) in [6, 6.07) is 10.9. The molecule has 3 heterocycles. The quantitative estimate of drug-likeness (QED) is 0.342. The molecule has 4 aromatic rings. The second-order valence-corrected chi connectivity index (χ2v) is 8.94. The first-order chi connectivity index (χ1) is 17.4. The Morgan fingerprint density at radius 2 is 1.83 bits per heavy atom. The topological polar surface area (TPSA) is 121 Å². The summed E-state index contributed by atoms with van der Waals surface area (Å²) in [5.41, 5.74) is 1.29. The first kappa shape index (κ1) is 23.5. The summed E-state index contributed by atoms with van der Waals surface area (Å²) >= 11 is 0. The minimum absolute atomic E-state index is 0.0852. The largest absolute Gasteiger partial charge is 0.457 e. The van der Waals surface area contributed by atoms with E-state index in [4.69, 9.17) is 14.1 Å². The number of esters is 1. The van der Waals surface area contributed by atoms with E-state index in [1.807, 2.05) is 0 Å². The van der Waals surface area contributed by atoms with Crippen molar-refractivity contribution in [3.63, 3.8) is 0 Å². The number of benzene rings is 2. The number of ether oxygens (including phenoxy) is 1. The Labute approximate surface area is 205 Å². The molecular formula is C27H25N3O6. The third kappa shape index (κ3) is 4.77. The highest BCUT2D eigenvalue weighted by Crippen LogP contribution is 2.23. The number of nitrogens with zero attached hydrogens (tertiary/aromatic N) is 2. The second kappa shape index (κ2) is 9.77. The lowest BCUT2D eigenvalue weighted by Crippen LogP contribution is -2.26. The van der Waals surface area contributed by atoms with Gasteiger partial charge in [0.1, 0.15) is 18.0 Å². The number of amides is 1. The lowest BCUT2D eigenvalue weighted by Gasteiger charge is -2.16. The fourth-order valence-electron chi connectivity index (χ4n) is 4.58. The van der Waals surface area contributed by atoms with Crippen LogP contribution in [0, 0.1) is 0 Å². The summed E-state index contributed by atoms with van der Waals surface area (Å²) in [6.07, 6.45) is 4.87. The first-order valence-corrected chi connectivity index (χ1v) is 11.9. The van der Waals surface area contributed by atoms with Crippen LogP contribution in [0.15, 0.2) is 56.5 Å². The molecule has 2 aromatic carbocycles. The number of aryl methyl sites for hydroxylation is 1. The van der Waals surface area contributed by atoms with Crippen LogP contribution in [0.5, 0.6) is 0 Å². The Morgan fingerprint density at radius 1 is 1.03 bits per heavy atom. The summed E-state index contributed by atoms with van der Waals surface area (Å²) in [6.45, 7) is 1.89. The summed E-state index contributed by atoms with van der Waals surface area (Å²) in [7, 11) is 0. The smallest absolute Gasteiger partial charge is 0.338 e. The van der Waals surface area contributed by atoms with E-state index in [-0.39, 0.29) is 29.2 Å². The molecule has 0 unspecified atom stereocenters. The van der Waals surface area contributed by atoms with Crippen LogP contribution in [-0.4, -0.2) is 21.4 Å². The molecule has 1 aliphatic rings. The van der Waals surface area contributed by atoms with Gasteiger partial charge >= 0.3 is 11.6 Å². The van der Waals surface area contributed by atoms with Crippen molar-refractivity contribution in [1.29, 1.82) is 0 Å². The predicted molar refractivity (Wildman–Crippen MR) is 134 cm³/mol. The molecule has 0 fully saturated rings. The van der Waals surface area contributed by atoms with Crippen LogP contribution in [-0.2, 0) is 29.1 Å². The van der Waals surface area contributed by atoms with Gasteiger partial charge in [0.25, 0.3) is 5.56 Å². The van der Waals surface area contributed by atoms with E-state index in [0.29, 0.717) is 34.1 Å². The third-order valence-corrected chi connectivity index (χ3v) is 6.31. The maximum Gasteiger partial charge on any atom is 0.338 e. The fraction of sp³-hybridized carbons (Fsp3) is 0.296. The lowest BCUT2D eigenvalue weighted by molar-refractivity contribution is -0.114. The Hall–Kier alpha value is -4.27. The third-order valence-electron chi connectivity index (χ3n) is 6.31. The van der Waals surface area contributed by atoms with E-state index in [1.54, 1.807) is 41.0 Å². The normalized spacial score (nSPS) is 13.6. The number of carbonyl (C=O) groups is 2. The summed E-state index contributed by atoms with van der Waals surface area (Å²) in [4.78, 5) is 53.9. The minimum atomic E-state index is -0.597. The van der Waals surface area contributed by atoms with Crippen LogP contribution in [0.25, 0.3) is 21.9 Å². The zero-order valence-corrected chi connectivity index (χ0v) is 19.8. The molecule has 184 valence electrons. The van der Waals surface area contributed by atoms with Crippen LogP contribution in [0.3, 0.4) is 0 Å². The summed E-state index contributed by atoms with van der Waals surface area (Å²) < 4.78 is 12.5. The predicted octanol–water partition coefficient (Wildman–Crippen LogP) is 3.93. The van der Waals surface area contributed by atoms with Gasteiger partial charge in [-0.3, -0.25) is 14.2 Å². The van der Waals surface area contributed by atoms with Gasteiger partial charge in [-0.1, -0.05) is 12.8 Å². The molecular weight excluding hydrogens is 462 g/mol. The van der Waals surface area contributed by atoms with Crippen molar-refractivity contribution in [2.75, 3.05) is 5.32 Å². The average molecular weight is 488 g/mol. The Balaban J connectivity index is 1.40. The number of nitrogens with one attached hydrogen (secondary N) is 1. The van der Waals surface area contributed by atoms with E-state index >= 15 is 0 Å². The molecule has 5 rings (SSSR count). The van der Waals surface area contributed by atoms with Gasteiger partial charge in [-0.05, 0) is 43.2 Å². The highest BCUT2D eigenvalue weighted by Gasteiger charge is 2.16. The van der Waals surface area contributed by atoms with Crippen molar-refractivity contribution >= 4 is 39.4 Å². The molecule has 0 bridgehead atoms. The Bertz CT molecular complexity index is 1620. The van der Waals surface area contributed by atoms with Gasteiger partial charge in [-0.15, -0.1) is 0 Å². The van der Waals surface area contributed by atoms with Crippen LogP contribution in [0.1, 0.15) is 54.4 Å². The first-order valence-electron chi connectivity index (χ1n) is 11.9.